The van der Waals surface area contributed by atoms with Crippen LogP contribution in [0.1, 0.15) is 11.3 Å². The van der Waals surface area contributed by atoms with E-state index in [9.17, 15) is 4.79 Å². The molecule has 1 heterocycles. The van der Waals surface area contributed by atoms with Gasteiger partial charge in [-0.05, 0) is 25.1 Å². The second-order valence-electron chi connectivity index (χ2n) is 4.47. The lowest BCUT2D eigenvalue weighted by atomic mass is 10.1. The quantitative estimate of drug-likeness (QED) is 0.856. The van der Waals surface area contributed by atoms with E-state index < -0.39 is 12.0 Å². The van der Waals surface area contributed by atoms with E-state index >= 15 is 0 Å². The Balaban J connectivity index is 2.13. The number of furan rings is 1. The van der Waals surface area contributed by atoms with Crippen LogP contribution in [0.25, 0.3) is 11.3 Å². The molecule has 1 aromatic heterocycles. The molecule has 1 atom stereocenters. The van der Waals surface area contributed by atoms with Crippen molar-refractivity contribution in [1.29, 1.82) is 0 Å². The molecule has 0 aliphatic rings. The smallest absolute Gasteiger partial charge is 0.323 e. The zero-order valence-corrected chi connectivity index (χ0v) is 11.1. The Bertz CT molecular complexity index is 574. The van der Waals surface area contributed by atoms with Crippen molar-refractivity contribution < 1.29 is 13.9 Å². The predicted octanol–water partition coefficient (Wildman–Crippen LogP) is 2.30. The summed E-state index contributed by atoms with van der Waals surface area (Å²) >= 11 is 0. The van der Waals surface area contributed by atoms with Crippen molar-refractivity contribution in [1.82, 2.24) is 0 Å². The Morgan fingerprint density at radius 2 is 2.16 bits per heavy atom. The summed E-state index contributed by atoms with van der Waals surface area (Å²) < 4.78 is 10.3. The van der Waals surface area contributed by atoms with E-state index in [1.807, 2.05) is 43.3 Å². The van der Waals surface area contributed by atoms with Gasteiger partial charge in [-0.1, -0.05) is 23.8 Å². The highest BCUT2D eigenvalue weighted by Crippen LogP contribution is 2.23. The molecule has 0 saturated carbocycles. The van der Waals surface area contributed by atoms with Crippen LogP contribution in [-0.4, -0.2) is 19.1 Å². The van der Waals surface area contributed by atoms with E-state index in [1.54, 1.807) is 0 Å². The number of carbonyl (C=O) groups is 1. The number of carbonyl (C=O) groups excluding carboxylic acids is 1. The minimum absolute atomic E-state index is 0.332. The van der Waals surface area contributed by atoms with Gasteiger partial charge in [-0.3, -0.25) is 4.79 Å². The Kier molecular flexibility index (Phi) is 4.02. The first kappa shape index (κ1) is 13.4. The third kappa shape index (κ3) is 3.23. The van der Waals surface area contributed by atoms with Crippen molar-refractivity contribution in [3.63, 3.8) is 0 Å². The fraction of sp³-hybridized carbons (Fsp3) is 0.267. The Morgan fingerprint density at radius 1 is 1.37 bits per heavy atom. The number of methoxy groups -OCH3 is 1. The van der Waals surface area contributed by atoms with E-state index in [2.05, 4.69) is 4.74 Å². The van der Waals surface area contributed by atoms with Gasteiger partial charge in [0.05, 0.1) is 7.11 Å². The van der Waals surface area contributed by atoms with Crippen LogP contribution in [0.2, 0.25) is 0 Å². The zero-order chi connectivity index (χ0) is 13.8. The molecule has 2 N–H and O–H groups in total. The van der Waals surface area contributed by atoms with Crippen LogP contribution in [0, 0.1) is 6.92 Å². The molecular weight excluding hydrogens is 242 g/mol. The van der Waals surface area contributed by atoms with Crippen molar-refractivity contribution in [3.8, 4) is 11.3 Å². The van der Waals surface area contributed by atoms with Crippen molar-refractivity contribution in [2.45, 2.75) is 19.4 Å². The summed E-state index contributed by atoms with van der Waals surface area (Å²) in [5, 5.41) is 0. The lowest BCUT2D eigenvalue weighted by Gasteiger charge is -2.06. The van der Waals surface area contributed by atoms with Crippen LogP contribution >= 0.6 is 0 Å². The molecule has 0 saturated heterocycles. The molecule has 0 amide bonds. The molecule has 0 fully saturated rings. The number of hydrogen-bond acceptors (Lipinski definition) is 4. The van der Waals surface area contributed by atoms with Gasteiger partial charge in [-0.2, -0.15) is 0 Å². The highest BCUT2D eigenvalue weighted by Gasteiger charge is 2.16. The molecule has 0 aliphatic heterocycles. The summed E-state index contributed by atoms with van der Waals surface area (Å²) in [6, 6.07) is 11.1. The van der Waals surface area contributed by atoms with Crippen molar-refractivity contribution >= 4 is 5.97 Å². The molecule has 0 radical (unpaired) electrons. The zero-order valence-electron chi connectivity index (χ0n) is 11.1. The molecule has 4 nitrogen and oxygen atoms in total. The lowest BCUT2D eigenvalue weighted by Crippen LogP contribution is -2.33. The maximum absolute atomic E-state index is 11.2. The fourth-order valence-corrected chi connectivity index (χ4v) is 1.89. The first-order valence-electron chi connectivity index (χ1n) is 6.09. The monoisotopic (exact) mass is 259 g/mol. The number of benzene rings is 1. The first-order valence-corrected chi connectivity index (χ1v) is 6.09. The largest absolute Gasteiger partial charge is 0.468 e. The second-order valence-corrected chi connectivity index (χ2v) is 4.47. The number of esters is 1. The standard InChI is InChI=1S/C15H17NO3/c1-10-4-3-5-11(8-10)14-7-6-12(19-14)9-13(16)15(17)18-2/h3-8,13H,9,16H2,1-2H3. The summed E-state index contributed by atoms with van der Waals surface area (Å²) in [7, 11) is 1.32. The summed E-state index contributed by atoms with van der Waals surface area (Å²) in [5.41, 5.74) is 7.88. The van der Waals surface area contributed by atoms with Gasteiger partial charge >= 0.3 is 5.97 Å². The summed E-state index contributed by atoms with van der Waals surface area (Å²) in [6.07, 6.45) is 0.332. The summed E-state index contributed by atoms with van der Waals surface area (Å²) in [5.74, 6) is 1.01. The highest BCUT2D eigenvalue weighted by molar-refractivity contribution is 5.75. The molecule has 2 rings (SSSR count). The average Bonchev–Trinajstić information content (AvgIpc) is 2.86. The van der Waals surface area contributed by atoms with Crippen molar-refractivity contribution in [2.24, 2.45) is 5.73 Å². The molecule has 0 spiro atoms. The van der Waals surface area contributed by atoms with Crippen LogP contribution in [0.4, 0.5) is 0 Å². The average molecular weight is 259 g/mol. The van der Waals surface area contributed by atoms with Gasteiger partial charge in [0.2, 0.25) is 0 Å². The fourth-order valence-electron chi connectivity index (χ4n) is 1.89. The van der Waals surface area contributed by atoms with E-state index in [1.165, 1.54) is 12.7 Å². The van der Waals surface area contributed by atoms with Crippen LogP contribution < -0.4 is 5.73 Å². The highest BCUT2D eigenvalue weighted by atomic mass is 16.5. The third-order valence-electron chi connectivity index (χ3n) is 2.89. The lowest BCUT2D eigenvalue weighted by molar-refractivity contribution is -0.142. The minimum atomic E-state index is -0.693. The first-order chi connectivity index (χ1) is 9.10. The molecule has 1 unspecified atom stereocenters. The van der Waals surface area contributed by atoms with Crippen molar-refractivity contribution in [2.75, 3.05) is 7.11 Å². The molecule has 19 heavy (non-hydrogen) atoms. The molecule has 0 bridgehead atoms. The third-order valence-corrected chi connectivity index (χ3v) is 2.89. The maximum atomic E-state index is 11.2. The molecule has 4 heteroatoms. The van der Waals surface area contributed by atoms with Gasteiger partial charge in [0.25, 0.3) is 0 Å². The molecule has 1 aromatic carbocycles. The molecular formula is C15H17NO3. The number of ether oxygens (including phenoxy) is 1. The van der Waals surface area contributed by atoms with Gasteiger partial charge < -0.3 is 14.9 Å². The normalized spacial score (nSPS) is 12.2. The van der Waals surface area contributed by atoms with Crippen LogP contribution in [0.15, 0.2) is 40.8 Å². The minimum Gasteiger partial charge on any atom is -0.468 e. The molecule has 0 aliphatic carbocycles. The van der Waals surface area contributed by atoms with Gasteiger partial charge in [0.15, 0.2) is 0 Å². The van der Waals surface area contributed by atoms with Crippen LogP contribution in [0.3, 0.4) is 0 Å². The van der Waals surface area contributed by atoms with E-state index in [0.29, 0.717) is 12.2 Å². The molecule has 2 aromatic rings. The van der Waals surface area contributed by atoms with Gasteiger partial charge in [0, 0.05) is 12.0 Å². The van der Waals surface area contributed by atoms with Crippen LogP contribution in [0.5, 0.6) is 0 Å². The van der Waals surface area contributed by atoms with Gasteiger partial charge in [-0.25, -0.2) is 0 Å². The predicted molar refractivity (Wildman–Crippen MR) is 72.6 cm³/mol. The Morgan fingerprint density at radius 3 is 2.84 bits per heavy atom. The summed E-state index contributed by atoms with van der Waals surface area (Å²) in [4.78, 5) is 11.2. The number of hydrogen-bond donors (Lipinski definition) is 1. The maximum Gasteiger partial charge on any atom is 0.323 e. The SMILES string of the molecule is COC(=O)C(N)Cc1ccc(-c2cccc(C)c2)o1. The van der Waals surface area contributed by atoms with Gasteiger partial charge in [-0.15, -0.1) is 0 Å². The van der Waals surface area contributed by atoms with E-state index in [0.717, 1.165) is 11.3 Å². The topological polar surface area (TPSA) is 65.5 Å². The molecule has 100 valence electrons. The summed E-state index contributed by atoms with van der Waals surface area (Å²) in [6.45, 7) is 2.03. The number of rotatable bonds is 4. The van der Waals surface area contributed by atoms with E-state index in [4.69, 9.17) is 10.2 Å². The number of aryl methyl sites for hydroxylation is 1. The Hall–Kier alpha value is -2.07. The second kappa shape index (κ2) is 5.71. The van der Waals surface area contributed by atoms with Crippen LogP contribution in [-0.2, 0) is 16.0 Å². The van der Waals surface area contributed by atoms with E-state index in [-0.39, 0.29) is 0 Å². The van der Waals surface area contributed by atoms with Crippen molar-refractivity contribution in [3.05, 3.63) is 47.7 Å². The Labute approximate surface area is 112 Å². The number of nitrogens with two attached hydrogens (primary N) is 1. The van der Waals surface area contributed by atoms with Gasteiger partial charge in [0.1, 0.15) is 17.6 Å².